The zero-order valence-corrected chi connectivity index (χ0v) is 9.65. The largest absolute Gasteiger partial charge is 0.279 e. The van der Waals surface area contributed by atoms with Gasteiger partial charge in [0.25, 0.3) is 5.91 Å². The third-order valence-electron chi connectivity index (χ3n) is 3.50. The van der Waals surface area contributed by atoms with E-state index in [-0.39, 0.29) is 11.8 Å². The number of amides is 2. The van der Waals surface area contributed by atoms with Crippen LogP contribution in [0.4, 0.5) is 0 Å². The van der Waals surface area contributed by atoms with Gasteiger partial charge in [-0.05, 0) is 31.3 Å². The molecule has 1 saturated carbocycles. The summed E-state index contributed by atoms with van der Waals surface area (Å²) in [6, 6.07) is 0. The quantitative estimate of drug-likeness (QED) is 0.671. The average molecular weight is 221 g/mol. The molecule has 2 aliphatic rings. The predicted octanol–water partition coefficient (Wildman–Crippen LogP) is 2.27. The molecule has 0 unspecified atom stereocenters. The van der Waals surface area contributed by atoms with Gasteiger partial charge in [0, 0.05) is 13.0 Å². The molecule has 0 N–H and O–H groups in total. The van der Waals surface area contributed by atoms with Crippen LogP contribution >= 0.6 is 0 Å². The van der Waals surface area contributed by atoms with Gasteiger partial charge in [-0.3, -0.25) is 14.5 Å². The number of hydrogen-bond acceptors (Lipinski definition) is 2. The predicted molar refractivity (Wildman–Crippen MR) is 61.7 cm³/mol. The summed E-state index contributed by atoms with van der Waals surface area (Å²) in [6.45, 7) is 0.604. The van der Waals surface area contributed by atoms with E-state index < -0.39 is 0 Å². The summed E-state index contributed by atoms with van der Waals surface area (Å²) in [5.74, 6) is 0.418. The van der Waals surface area contributed by atoms with Gasteiger partial charge in [0.1, 0.15) is 0 Å². The maximum Gasteiger partial charge on any atom is 0.252 e. The highest BCUT2D eigenvalue weighted by molar-refractivity contribution is 6.01. The third kappa shape index (κ3) is 2.71. The summed E-state index contributed by atoms with van der Waals surface area (Å²) in [5.41, 5.74) is 0. The molecule has 0 spiro atoms. The van der Waals surface area contributed by atoms with Crippen LogP contribution in [0.15, 0.2) is 12.2 Å². The van der Waals surface area contributed by atoms with Crippen LogP contribution in [0.2, 0.25) is 0 Å². The van der Waals surface area contributed by atoms with Crippen LogP contribution in [0.1, 0.15) is 44.9 Å². The Morgan fingerprint density at radius 2 is 1.94 bits per heavy atom. The third-order valence-corrected chi connectivity index (χ3v) is 3.50. The molecule has 1 aliphatic carbocycles. The molecule has 2 fully saturated rings. The number of imide groups is 1. The highest BCUT2D eigenvalue weighted by Gasteiger charge is 2.24. The standard InChI is InChI=1S/C13H19NO2/c15-12-7-4-10-14(12)13(16)9-8-11-5-2-1-3-6-11/h8-9,11H,1-7,10H2. The van der Waals surface area contributed by atoms with Crippen LogP contribution in [0, 0.1) is 5.92 Å². The Morgan fingerprint density at radius 3 is 2.56 bits per heavy atom. The Bertz CT molecular complexity index is 303. The van der Waals surface area contributed by atoms with E-state index in [1.165, 1.54) is 37.0 Å². The van der Waals surface area contributed by atoms with Crippen LogP contribution in [0.25, 0.3) is 0 Å². The lowest BCUT2D eigenvalue weighted by atomic mass is 9.89. The number of allylic oxidation sites excluding steroid dienone is 1. The first-order chi connectivity index (χ1) is 7.77. The molecule has 3 heteroatoms. The number of hydrogen-bond donors (Lipinski definition) is 0. The van der Waals surface area contributed by atoms with Crippen LogP contribution in [-0.2, 0) is 9.59 Å². The van der Waals surface area contributed by atoms with Crippen molar-refractivity contribution < 1.29 is 9.59 Å². The average Bonchev–Trinajstić information content (AvgIpc) is 2.74. The molecule has 1 heterocycles. The van der Waals surface area contributed by atoms with Gasteiger partial charge in [-0.15, -0.1) is 0 Å². The number of nitrogens with zero attached hydrogens (tertiary/aromatic N) is 1. The summed E-state index contributed by atoms with van der Waals surface area (Å²) < 4.78 is 0. The number of carbonyl (C=O) groups is 2. The molecule has 1 aliphatic heterocycles. The van der Waals surface area contributed by atoms with Crippen molar-refractivity contribution >= 4 is 11.8 Å². The fraction of sp³-hybridized carbons (Fsp3) is 0.692. The molecule has 1 saturated heterocycles. The topological polar surface area (TPSA) is 37.4 Å². The molecule has 2 rings (SSSR count). The first-order valence-corrected chi connectivity index (χ1v) is 6.30. The highest BCUT2D eigenvalue weighted by atomic mass is 16.2. The fourth-order valence-electron chi connectivity index (χ4n) is 2.52. The van der Waals surface area contributed by atoms with Gasteiger partial charge in [0.15, 0.2) is 0 Å². The van der Waals surface area contributed by atoms with E-state index in [1.54, 1.807) is 6.08 Å². The van der Waals surface area contributed by atoms with Crippen molar-refractivity contribution in [2.75, 3.05) is 6.54 Å². The lowest BCUT2D eigenvalue weighted by molar-refractivity contribution is -0.138. The van der Waals surface area contributed by atoms with Crippen molar-refractivity contribution in [3.8, 4) is 0 Å². The molecule has 16 heavy (non-hydrogen) atoms. The van der Waals surface area contributed by atoms with E-state index in [0.29, 0.717) is 18.9 Å². The fourth-order valence-corrected chi connectivity index (χ4v) is 2.52. The monoisotopic (exact) mass is 221 g/mol. The minimum absolute atomic E-state index is 0.0155. The van der Waals surface area contributed by atoms with Gasteiger partial charge in [0.2, 0.25) is 5.91 Å². The van der Waals surface area contributed by atoms with Crippen molar-refractivity contribution in [2.45, 2.75) is 44.9 Å². The molecule has 0 aromatic rings. The van der Waals surface area contributed by atoms with E-state index in [0.717, 1.165) is 6.42 Å². The van der Waals surface area contributed by atoms with E-state index in [4.69, 9.17) is 0 Å². The molecule has 0 radical (unpaired) electrons. The molecule has 88 valence electrons. The molecule has 0 aromatic carbocycles. The molecular formula is C13H19NO2. The molecule has 2 amide bonds. The van der Waals surface area contributed by atoms with Crippen molar-refractivity contribution in [1.29, 1.82) is 0 Å². The summed E-state index contributed by atoms with van der Waals surface area (Å²) >= 11 is 0. The maximum absolute atomic E-state index is 11.7. The van der Waals surface area contributed by atoms with E-state index in [9.17, 15) is 9.59 Å². The van der Waals surface area contributed by atoms with Crippen LogP contribution in [-0.4, -0.2) is 23.3 Å². The van der Waals surface area contributed by atoms with E-state index in [2.05, 4.69) is 0 Å². The summed E-state index contributed by atoms with van der Waals surface area (Å²) in [7, 11) is 0. The minimum atomic E-state index is -0.118. The van der Waals surface area contributed by atoms with Gasteiger partial charge in [0.05, 0.1) is 0 Å². The van der Waals surface area contributed by atoms with Gasteiger partial charge >= 0.3 is 0 Å². The van der Waals surface area contributed by atoms with Crippen LogP contribution in [0.3, 0.4) is 0 Å². The van der Waals surface area contributed by atoms with Gasteiger partial charge in [-0.25, -0.2) is 0 Å². The Hall–Kier alpha value is -1.12. The number of carbonyl (C=O) groups excluding carboxylic acids is 2. The van der Waals surface area contributed by atoms with Crippen molar-refractivity contribution in [2.24, 2.45) is 5.92 Å². The van der Waals surface area contributed by atoms with Crippen molar-refractivity contribution in [3.63, 3.8) is 0 Å². The lowest BCUT2D eigenvalue weighted by Crippen LogP contribution is -2.30. The van der Waals surface area contributed by atoms with E-state index >= 15 is 0 Å². The summed E-state index contributed by atoms with van der Waals surface area (Å²) in [6.07, 6.45) is 11.2. The number of rotatable bonds is 2. The maximum atomic E-state index is 11.7. The Balaban J connectivity index is 1.85. The van der Waals surface area contributed by atoms with Gasteiger partial charge < -0.3 is 0 Å². The Labute approximate surface area is 96.5 Å². The number of likely N-dealkylation sites (tertiary alicyclic amines) is 1. The summed E-state index contributed by atoms with van der Waals surface area (Å²) in [5, 5.41) is 0. The van der Waals surface area contributed by atoms with Crippen LogP contribution in [0.5, 0.6) is 0 Å². The SMILES string of the molecule is O=C(C=CC1CCCCC1)N1CCCC1=O. The normalized spacial score (nSPS) is 23.2. The first kappa shape index (κ1) is 11.4. The first-order valence-electron chi connectivity index (χ1n) is 6.30. The van der Waals surface area contributed by atoms with Gasteiger partial charge in [-0.2, -0.15) is 0 Å². The second kappa shape index (κ2) is 5.28. The van der Waals surface area contributed by atoms with Crippen molar-refractivity contribution in [3.05, 3.63) is 12.2 Å². The van der Waals surface area contributed by atoms with Crippen LogP contribution < -0.4 is 0 Å². The van der Waals surface area contributed by atoms with Gasteiger partial charge in [-0.1, -0.05) is 25.3 Å². The molecule has 0 atom stereocenters. The Morgan fingerprint density at radius 1 is 1.19 bits per heavy atom. The second-order valence-corrected chi connectivity index (χ2v) is 4.74. The van der Waals surface area contributed by atoms with Crippen molar-refractivity contribution in [1.82, 2.24) is 4.90 Å². The van der Waals surface area contributed by atoms with E-state index in [1.807, 2.05) is 6.08 Å². The zero-order chi connectivity index (χ0) is 11.4. The Kier molecular flexibility index (Phi) is 3.75. The minimum Gasteiger partial charge on any atom is -0.279 e. The molecular weight excluding hydrogens is 202 g/mol. The molecule has 3 nitrogen and oxygen atoms in total. The smallest absolute Gasteiger partial charge is 0.252 e. The zero-order valence-electron chi connectivity index (χ0n) is 9.65. The molecule has 0 bridgehead atoms. The molecule has 0 aromatic heterocycles. The summed E-state index contributed by atoms with van der Waals surface area (Å²) in [4.78, 5) is 24.4. The second-order valence-electron chi connectivity index (χ2n) is 4.74. The highest BCUT2D eigenvalue weighted by Crippen LogP contribution is 2.24. The lowest BCUT2D eigenvalue weighted by Gasteiger charge is -2.18.